The maximum Gasteiger partial charge on any atom is 0.337 e. The van der Waals surface area contributed by atoms with Crippen LogP contribution in [0, 0.1) is 13.8 Å². The van der Waals surface area contributed by atoms with Crippen molar-refractivity contribution in [3.05, 3.63) is 64.7 Å². The molecule has 0 aromatic heterocycles. The van der Waals surface area contributed by atoms with E-state index in [-0.39, 0.29) is 0 Å². The number of methoxy groups -OCH3 is 1. The molecular weight excluding hydrogens is 334 g/mol. The number of carbonyl (C=O) groups excluding carboxylic acids is 3. The number of aryl methyl sites for hydroxylation is 2. The van der Waals surface area contributed by atoms with E-state index < -0.39 is 17.8 Å². The lowest BCUT2D eigenvalue weighted by Gasteiger charge is -2.06. The summed E-state index contributed by atoms with van der Waals surface area (Å²) in [6.07, 6.45) is 1.36. The molecule has 0 aliphatic rings. The van der Waals surface area contributed by atoms with Crippen LogP contribution in [0.2, 0.25) is 0 Å². The molecule has 0 aliphatic heterocycles. The van der Waals surface area contributed by atoms with Crippen LogP contribution in [0.1, 0.15) is 27.0 Å². The fraction of sp³-hybridized carbons (Fsp3) is 0.158. The maximum atomic E-state index is 11.9. The van der Waals surface area contributed by atoms with Crippen molar-refractivity contribution in [3.63, 3.8) is 0 Å². The van der Waals surface area contributed by atoms with Gasteiger partial charge < -0.3 is 10.1 Å². The molecule has 7 heteroatoms. The Labute approximate surface area is 151 Å². The van der Waals surface area contributed by atoms with Gasteiger partial charge in [0.15, 0.2) is 0 Å². The Morgan fingerprint density at radius 3 is 2.27 bits per heavy atom. The van der Waals surface area contributed by atoms with Crippen LogP contribution in [0.5, 0.6) is 0 Å². The van der Waals surface area contributed by atoms with E-state index in [4.69, 9.17) is 0 Å². The number of hydrogen-bond acceptors (Lipinski definition) is 5. The quantitative estimate of drug-likeness (QED) is 0.381. The van der Waals surface area contributed by atoms with E-state index in [2.05, 4.69) is 20.6 Å². The average Bonchev–Trinajstić information content (AvgIpc) is 2.64. The number of nitrogens with one attached hydrogen (secondary N) is 2. The first-order valence-corrected chi connectivity index (χ1v) is 7.80. The number of amides is 2. The summed E-state index contributed by atoms with van der Waals surface area (Å²) >= 11 is 0. The van der Waals surface area contributed by atoms with Crippen molar-refractivity contribution in [3.8, 4) is 0 Å². The molecule has 7 nitrogen and oxygen atoms in total. The Bertz CT molecular complexity index is 858. The zero-order chi connectivity index (χ0) is 19.1. The first-order chi connectivity index (χ1) is 12.4. The Balaban J connectivity index is 1.90. The van der Waals surface area contributed by atoms with Gasteiger partial charge in [0.25, 0.3) is 0 Å². The smallest absolute Gasteiger partial charge is 0.337 e. The van der Waals surface area contributed by atoms with Gasteiger partial charge in [-0.25, -0.2) is 10.2 Å². The highest BCUT2D eigenvalue weighted by atomic mass is 16.5. The van der Waals surface area contributed by atoms with E-state index in [1.807, 2.05) is 19.9 Å². The van der Waals surface area contributed by atoms with Crippen LogP contribution >= 0.6 is 0 Å². The molecule has 0 saturated heterocycles. The van der Waals surface area contributed by atoms with Gasteiger partial charge in [-0.1, -0.05) is 18.2 Å². The summed E-state index contributed by atoms with van der Waals surface area (Å²) in [5.41, 5.74) is 5.84. The first-order valence-electron chi connectivity index (χ1n) is 7.80. The molecule has 2 N–H and O–H groups in total. The van der Waals surface area contributed by atoms with Gasteiger partial charge in [0, 0.05) is 5.69 Å². The molecule has 0 fully saturated rings. The molecule has 2 aromatic carbocycles. The molecule has 0 unspecified atom stereocenters. The lowest BCUT2D eigenvalue weighted by molar-refractivity contribution is -0.136. The molecular formula is C19H19N3O4. The van der Waals surface area contributed by atoms with E-state index in [0.29, 0.717) is 16.8 Å². The van der Waals surface area contributed by atoms with Crippen molar-refractivity contribution in [1.29, 1.82) is 0 Å². The zero-order valence-electron chi connectivity index (χ0n) is 14.7. The summed E-state index contributed by atoms with van der Waals surface area (Å²) in [6, 6.07) is 11.8. The van der Waals surface area contributed by atoms with Gasteiger partial charge in [-0.3, -0.25) is 9.59 Å². The number of esters is 1. The number of ether oxygens (including phenoxy) is 1. The van der Waals surface area contributed by atoms with Crippen molar-refractivity contribution >= 4 is 29.7 Å². The third-order valence-corrected chi connectivity index (χ3v) is 3.68. The van der Waals surface area contributed by atoms with Crippen molar-refractivity contribution in [2.45, 2.75) is 13.8 Å². The van der Waals surface area contributed by atoms with Crippen LogP contribution < -0.4 is 10.7 Å². The molecule has 134 valence electrons. The Kier molecular flexibility index (Phi) is 6.21. The summed E-state index contributed by atoms with van der Waals surface area (Å²) in [4.78, 5) is 35.0. The highest BCUT2D eigenvalue weighted by Gasteiger charge is 2.13. The number of rotatable bonds is 4. The molecule has 0 atom stereocenters. The molecule has 0 radical (unpaired) electrons. The molecule has 0 bridgehead atoms. The van der Waals surface area contributed by atoms with Crippen molar-refractivity contribution in [2.24, 2.45) is 5.10 Å². The third kappa shape index (κ3) is 5.01. The van der Waals surface area contributed by atoms with E-state index in [9.17, 15) is 14.4 Å². The second-order valence-electron chi connectivity index (χ2n) is 5.57. The standard InChI is InChI=1S/C19H19N3O4/c1-12-4-9-16(10-13(12)2)21-17(23)18(24)22-20-11-14-5-7-15(8-6-14)19(25)26-3/h4-11H,1-3H3,(H,21,23)(H,22,24)/b20-11-. The molecule has 0 saturated carbocycles. The van der Waals surface area contributed by atoms with Crippen molar-refractivity contribution in [1.82, 2.24) is 5.43 Å². The van der Waals surface area contributed by atoms with E-state index >= 15 is 0 Å². The lowest BCUT2D eigenvalue weighted by Crippen LogP contribution is -2.32. The fourth-order valence-electron chi connectivity index (χ4n) is 2.05. The molecule has 2 aromatic rings. The molecule has 2 rings (SSSR count). The van der Waals surface area contributed by atoms with Crippen LogP contribution in [0.25, 0.3) is 0 Å². The average molecular weight is 353 g/mol. The highest BCUT2D eigenvalue weighted by molar-refractivity contribution is 6.39. The predicted molar refractivity (Wildman–Crippen MR) is 98.1 cm³/mol. The number of nitrogens with zero attached hydrogens (tertiary/aromatic N) is 1. The van der Waals surface area contributed by atoms with Crippen LogP contribution in [-0.4, -0.2) is 31.1 Å². The summed E-state index contributed by atoms with van der Waals surface area (Å²) in [6.45, 7) is 3.88. The molecule has 0 spiro atoms. The largest absolute Gasteiger partial charge is 0.465 e. The summed E-state index contributed by atoms with van der Waals surface area (Å²) in [7, 11) is 1.30. The Morgan fingerprint density at radius 1 is 0.962 bits per heavy atom. The summed E-state index contributed by atoms with van der Waals surface area (Å²) in [5, 5.41) is 6.24. The second-order valence-corrected chi connectivity index (χ2v) is 5.57. The third-order valence-electron chi connectivity index (χ3n) is 3.68. The van der Waals surface area contributed by atoms with Crippen LogP contribution in [0.15, 0.2) is 47.6 Å². The minimum absolute atomic E-state index is 0.404. The number of benzene rings is 2. The van der Waals surface area contributed by atoms with Crippen LogP contribution in [-0.2, 0) is 14.3 Å². The van der Waals surface area contributed by atoms with E-state index in [1.54, 1.807) is 36.4 Å². The van der Waals surface area contributed by atoms with Crippen molar-refractivity contribution < 1.29 is 19.1 Å². The second kappa shape index (κ2) is 8.57. The van der Waals surface area contributed by atoms with Gasteiger partial charge in [0.05, 0.1) is 18.9 Å². The van der Waals surface area contributed by atoms with Crippen molar-refractivity contribution in [2.75, 3.05) is 12.4 Å². The minimum atomic E-state index is -0.884. The fourth-order valence-corrected chi connectivity index (χ4v) is 2.05. The van der Waals surface area contributed by atoms with E-state index in [1.165, 1.54) is 13.3 Å². The van der Waals surface area contributed by atoms with Gasteiger partial charge in [0.1, 0.15) is 0 Å². The van der Waals surface area contributed by atoms with Gasteiger partial charge in [-0.2, -0.15) is 5.10 Å². The Morgan fingerprint density at radius 2 is 1.65 bits per heavy atom. The van der Waals surface area contributed by atoms with E-state index in [0.717, 1.165) is 11.1 Å². The molecule has 0 heterocycles. The normalized spacial score (nSPS) is 10.4. The molecule has 0 aliphatic carbocycles. The molecule has 26 heavy (non-hydrogen) atoms. The first kappa shape index (κ1) is 18.9. The summed E-state index contributed by atoms with van der Waals surface area (Å²) < 4.78 is 4.60. The number of hydrazone groups is 1. The summed E-state index contributed by atoms with van der Waals surface area (Å²) in [5.74, 6) is -2.14. The number of hydrogen-bond donors (Lipinski definition) is 2. The Hall–Kier alpha value is -3.48. The predicted octanol–water partition coefficient (Wildman–Crippen LogP) is 2.18. The van der Waals surface area contributed by atoms with Gasteiger partial charge in [-0.15, -0.1) is 0 Å². The van der Waals surface area contributed by atoms with Crippen LogP contribution in [0.3, 0.4) is 0 Å². The zero-order valence-corrected chi connectivity index (χ0v) is 14.7. The maximum absolute atomic E-state index is 11.9. The van der Waals surface area contributed by atoms with Crippen LogP contribution in [0.4, 0.5) is 5.69 Å². The molecule has 2 amide bonds. The SMILES string of the molecule is COC(=O)c1ccc(/C=N\NC(=O)C(=O)Nc2ccc(C)c(C)c2)cc1. The number of carbonyl (C=O) groups is 3. The lowest BCUT2D eigenvalue weighted by atomic mass is 10.1. The van der Waals surface area contributed by atoms with Gasteiger partial charge >= 0.3 is 17.8 Å². The highest BCUT2D eigenvalue weighted by Crippen LogP contribution is 2.13. The minimum Gasteiger partial charge on any atom is -0.465 e. The monoisotopic (exact) mass is 353 g/mol. The number of anilines is 1. The topological polar surface area (TPSA) is 96.9 Å². The van der Waals surface area contributed by atoms with Gasteiger partial charge in [-0.05, 0) is 54.8 Å². The van der Waals surface area contributed by atoms with Gasteiger partial charge in [0.2, 0.25) is 0 Å².